The lowest BCUT2D eigenvalue weighted by Crippen LogP contribution is -2.58. The summed E-state index contributed by atoms with van der Waals surface area (Å²) in [6.45, 7) is 8.32. The van der Waals surface area contributed by atoms with Crippen molar-refractivity contribution in [3.8, 4) is 5.75 Å². The molecule has 0 aromatic heterocycles. The van der Waals surface area contributed by atoms with E-state index >= 15 is 0 Å². The van der Waals surface area contributed by atoms with Crippen LogP contribution in [0.2, 0.25) is 0 Å². The fourth-order valence-electron chi connectivity index (χ4n) is 2.43. The van der Waals surface area contributed by atoms with Gasteiger partial charge in [-0.15, -0.1) is 9.24 Å². The Morgan fingerprint density at radius 3 is 2.63 bits per heavy atom. The van der Waals surface area contributed by atoms with Crippen LogP contribution in [0.1, 0.15) is 35.3 Å². The van der Waals surface area contributed by atoms with Crippen molar-refractivity contribution in [2.75, 3.05) is 19.7 Å². The minimum atomic E-state index is 0.108. The number of aryl methyl sites for hydroxylation is 1. The molecule has 3 nitrogen and oxygen atoms in total. The van der Waals surface area contributed by atoms with Gasteiger partial charge in [0.05, 0.1) is 6.61 Å². The second-order valence-electron chi connectivity index (χ2n) is 5.43. The third-order valence-electron chi connectivity index (χ3n) is 3.66. The predicted molar refractivity (Wildman–Crippen MR) is 81.4 cm³/mol. The van der Waals surface area contributed by atoms with Crippen LogP contribution in [0.3, 0.4) is 0 Å². The van der Waals surface area contributed by atoms with Gasteiger partial charge in [-0.2, -0.15) is 0 Å². The number of nitrogens with one attached hydrogen (secondary N) is 1. The van der Waals surface area contributed by atoms with Crippen LogP contribution >= 0.6 is 9.24 Å². The van der Waals surface area contributed by atoms with Crippen molar-refractivity contribution >= 4 is 15.0 Å². The standard InChI is InChI=1S/C15H22NO2P/c1-4-13-10(2)5-12(6-14(13)11(3)17)18-9-15(19)7-16-8-15/h5-6,16H,4,7-9,19H2,1-3H3. The molecule has 0 amide bonds. The number of rotatable bonds is 5. The van der Waals surface area contributed by atoms with Gasteiger partial charge in [-0.1, -0.05) is 6.92 Å². The van der Waals surface area contributed by atoms with Crippen molar-refractivity contribution in [2.24, 2.45) is 0 Å². The molecule has 4 heteroatoms. The first kappa shape index (κ1) is 14.5. The Bertz CT molecular complexity index is 495. The summed E-state index contributed by atoms with van der Waals surface area (Å²) in [4.78, 5) is 11.7. The molecular weight excluding hydrogens is 257 g/mol. The molecule has 1 N–H and O–H groups in total. The number of carbonyl (C=O) groups is 1. The second kappa shape index (κ2) is 5.60. The van der Waals surface area contributed by atoms with E-state index in [1.807, 2.05) is 19.1 Å². The fraction of sp³-hybridized carbons (Fsp3) is 0.533. The quantitative estimate of drug-likeness (QED) is 0.664. The Morgan fingerprint density at radius 1 is 1.47 bits per heavy atom. The highest BCUT2D eigenvalue weighted by Gasteiger charge is 2.32. The van der Waals surface area contributed by atoms with Crippen molar-refractivity contribution in [1.82, 2.24) is 5.32 Å². The van der Waals surface area contributed by atoms with Crippen LogP contribution in [-0.2, 0) is 6.42 Å². The molecule has 1 heterocycles. The van der Waals surface area contributed by atoms with E-state index in [4.69, 9.17) is 4.74 Å². The first-order chi connectivity index (χ1) is 8.95. The molecule has 0 aliphatic carbocycles. The summed E-state index contributed by atoms with van der Waals surface area (Å²) in [5.41, 5.74) is 3.06. The van der Waals surface area contributed by atoms with Gasteiger partial charge in [-0.25, -0.2) is 0 Å². The number of hydrogen-bond donors (Lipinski definition) is 1. The van der Waals surface area contributed by atoms with Crippen LogP contribution in [0.15, 0.2) is 12.1 Å². The van der Waals surface area contributed by atoms with Gasteiger partial charge in [0.2, 0.25) is 0 Å². The zero-order valence-corrected chi connectivity index (χ0v) is 13.0. The van der Waals surface area contributed by atoms with E-state index in [1.165, 1.54) is 0 Å². The van der Waals surface area contributed by atoms with Crippen LogP contribution in [0.25, 0.3) is 0 Å². The van der Waals surface area contributed by atoms with Crippen molar-refractivity contribution in [3.63, 3.8) is 0 Å². The Morgan fingerprint density at radius 2 is 2.16 bits per heavy atom. The van der Waals surface area contributed by atoms with Gasteiger partial charge in [-0.3, -0.25) is 4.79 Å². The Balaban J connectivity index is 2.19. The zero-order chi connectivity index (χ0) is 14.0. The molecule has 0 spiro atoms. The van der Waals surface area contributed by atoms with Gasteiger partial charge in [0.25, 0.3) is 0 Å². The molecule has 2 rings (SSSR count). The third kappa shape index (κ3) is 3.16. The number of ether oxygens (including phenoxy) is 1. The Kier molecular flexibility index (Phi) is 4.27. The first-order valence-electron chi connectivity index (χ1n) is 6.72. The Labute approximate surface area is 117 Å². The van der Waals surface area contributed by atoms with Gasteiger partial charge >= 0.3 is 0 Å². The van der Waals surface area contributed by atoms with Crippen LogP contribution in [0.5, 0.6) is 5.75 Å². The molecular formula is C15H22NO2P. The molecule has 1 aromatic rings. The minimum Gasteiger partial charge on any atom is -0.493 e. The largest absolute Gasteiger partial charge is 0.493 e. The summed E-state index contributed by atoms with van der Waals surface area (Å²) in [6, 6.07) is 3.92. The average molecular weight is 279 g/mol. The summed E-state index contributed by atoms with van der Waals surface area (Å²) in [5, 5.41) is 3.39. The predicted octanol–water partition coefficient (Wildman–Crippen LogP) is 2.36. The van der Waals surface area contributed by atoms with E-state index in [-0.39, 0.29) is 10.9 Å². The summed E-state index contributed by atoms with van der Waals surface area (Å²) in [5.74, 6) is 0.907. The third-order valence-corrected chi connectivity index (χ3v) is 4.23. The van der Waals surface area contributed by atoms with Gasteiger partial charge < -0.3 is 10.1 Å². The van der Waals surface area contributed by atoms with Crippen LogP contribution in [-0.4, -0.2) is 30.6 Å². The summed E-state index contributed by atoms with van der Waals surface area (Å²) < 4.78 is 5.87. The van der Waals surface area contributed by atoms with Crippen molar-refractivity contribution in [3.05, 3.63) is 28.8 Å². The molecule has 0 bridgehead atoms. The number of Topliss-reactive ketones (excluding diaryl/α,β-unsaturated/α-hetero) is 1. The number of carbonyl (C=O) groups excluding carboxylic acids is 1. The molecule has 1 saturated heterocycles. The van der Waals surface area contributed by atoms with Crippen LogP contribution < -0.4 is 10.1 Å². The molecule has 1 unspecified atom stereocenters. The second-order valence-corrected chi connectivity index (χ2v) is 6.66. The van der Waals surface area contributed by atoms with Crippen LogP contribution in [0.4, 0.5) is 0 Å². The molecule has 0 radical (unpaired) electrons. The highest BCUT2D eigenvalue weighted by Crippen LogP contribution is 2.27. The topological polar surface area (TPSA) is 38.3 Å². The minimum absolute atomic E-state index is 0.108. The van der Waals surface area contributed by atoms with E-state index in [2.05, 4.69) is 21.5 Å². The highest BCUT2D eigenvalue weighted by atomic mass is 31.0. The number of ketones is 1. The van der Waals surface area contributed by atoms with Crippen LogP contribution in [0, 0.1) is 6.92 Å². The summed E-state index contributed by atoms with van der Waals surface area (Å²) in [6.07, 6.45) is 0.874. The normalized spacial score (nSPS) is 16.8. The van der Waals surface area contributed by atoms with Gasteiger partial charge in [0.1, 0.15) is 5.75 Å². The molecule has 1 atom stereocenters. The number of benzene rings is 1. The smallest absolute Gasteiger partial charge is 0.160 e. The van der Waals surface area contributed by atoms with Crippen molar-refractivity contribution in [1.29, 1.82) is 0 Å². The number of hydrogen-bond acceptors (Lipinski definition) is 3. The maximum atomic E-state index is 11.7. The zero-order valence-electron chi connectivity index (χ0n) is 11.9. The van der Waals surface area contributed by atoms with Gasteiger partial charge in [-0.05, 0) is 43.5 Å². The monoisotopic (exact) mass is 279 g/mol. The molecule has 1 aliphatic rings. The van der Waals surface area contributed by atoms with Crippen molar-refractivity contribution in [2.45, 2.75) is 32.3 Å². The highest BCUT2D eigenvalue weighted by molar-refractivity contribution is 7.19. The molecule has 19 heavy (non-hydrogen) atoms. The maximum absolute atomic E-state index is 11.7. The van der Waals surface area contributed by atoms with Gasteiger partial charge in [0, 0.05) is 23.8 Å². The van der Waals surface area contributed by atoms with E-state index in [1.54, 1.807) is 6.92 Å². The van der Waals surface area contributed by atoms with E-state index in [0.717, 1.165) is 42.0 Å². The molecule has 104 valence electrons. The lowest BCUT2D eigenvalue weighted by atomic mass is 9.97. The maximum Gasteiger partial charge on any atom is 0.160 e. The fourth-order valence-corrected chi connectivity index (χ4v) is 2.80. The van der Waals surface area contributed by atoms with E-state index in [9.17, 15) is 4.79 Å². The summed E-state index contributed by atoms with van der Waals surface area (Å²) >= 11 is 0. The Hall–Kier alpha value is -0.920. The van der Waals surface area contributed by atoms with E-state index < -0.39 is 0 Å². The van der Waals surface area contributed by atoms with Gasteiger partial charge in [0.15, 0.2) is 5.78 Å². The average Bonchev–Trinajstić information content (AvgIpc) is 2.33. The van der Waals surface area contributed by atoms with Crippen molar-refractivity contribution < 1.29 is 9.53 Å². The molecule has 1 aliphatic heterocycles. The lowest BCUT2D eigenvalue weighted by Gasteiger charge is -2.38. The first-order valence-corrected chi connectivity index (χ1v) is 7.30. The van der Waals surface area contributed by atoms with E-state index in [0.29, 0.717) is 6.61 Å². The SMILES string of the molecule is CCc1c(C)cc(OCC2(P)CNC2)cc1C(C)=O. The lowest BCUT2D eigenvalue weighted by molar-refractivity contribution is 0.101. The molecule has 0 saturated carbocycles. The molecule has 1 aromatic carbocycles. The molecule has 1 fully saturated rings. The summed E-state index contributed by atoms with van der Waals surface area (Å²) in [7, 11) is 2.86.